The van der Waals surface area contributed by atoms with Crippen LogP contribution in [-0.4, -0.2) is 6.71 Å². The molecular weight excluding hydrogens is 407 g/mol. The van der Waals surface area contributed by atoms with Gasteiger partial charge in [-0.15, -0.1) is 0 Å². The Morgan fingerprint density at radius 2 is 1.42 bits per heavy atom. The van der Waals surface area contributed by atoms with Gasteiger partial charge in [0, 0.05) is 17.2 Å². The lowest BCUT2D eigenvalue weighted by Crippen LogP contribution is -2.57. The number of hydrogen-bond acceptors (Lipinski definition) is 4. The Hall–Kier alpha value is -3.86. The number of nitrogens with two attached hydrogens (primary N) is 1. The van der Waals surface area contributed by atoms with E-state index in [2.05, 4.69) is 62.5 Å². The molecule has 2 aliphatic heterocycles. The van der Waals surface area contributed by atoms with Gasteiger partial charge in [-0.25, -0.2) is 0 Å². The molecule has 5 heteroatoms. The second-order valence-corrected chi connectivity index (χ2v) is 9.75. The molecule has 0 saturated carbocycles. The third kappa shape index (κ3) is 3.15. The maximum Gasteiger partial charge on any atom is 0.260 e. The van der Waals surface area contributed by atoms with Crippen LogP contribution >= 0.6 is 0 Å². The number of para-hydroxylation sites is 2. The second-order valence-electron chi connectivity index (χ2n) is 9.75. The monoisotopic (exact) mass is 432 g/mol. The maximum absolute atomic E-state index is 6.72. The van der Waals surface area contributed by atoms with Gasteiger partial charge in [-0.1, -0.05) is 69.3 Å². The zero-order valence-electron chi connectivity index (χ0n) is 19.0. The molecule has 4 nitrogen and oxygen atoms in total. The van der Waals surface area contributed by atoms with Crippen LogP contribution in [0.25, 0.3) is 0 Å². The van der Waals surface area contributed by atoms with E-state index in [0.29, 0.717) is 11.4 Å². The summed E-state index contributed by atoms with van der Waals surface area (Å²) in [6.07, 6.45) is 0. The molecule has 0 radical (unpaired) electrons. The van der Waals surface area contributed by atoms with Gasteiger partial charge in [0.2, 0.25) is 0 Å². The van der Waals surface area contributed by atoms with Gasteiger partial charge < -0.3 is 20.5 Å². The van der Waals surface area contributed by atoms with Crippen molar-refractivity contribution in [3.05, 3.63) is 84.4 Å². The van der Waals surface area contributed by atoms with Gasteiger partial charge >= 0.3 is 0 Å². The molecule has 0 amide bonds. The minimum Gasteiger partial charge on any atom is -0.458 e. The van der Waals surface area contributed by atoms with E-state index in [4.69, 9.17) is 15.2 Å². The minimum absolute atomic E-state index is 0.0190. The van der Waals surface area contributed by atoms with Crippen molar-refractivity contribution in [3.63, 3.8) is 0 Å². The molecule has 0 spiro atoms. The van der Waals surface area contributed by atoms with Crippen LogP contribution in [0.3, 0.4) is 0 Å². The summed E-state index contributed by atoms with van der Waals surface area (Å²) in [5.74, 6) is 3.13. The van der Waals surface area contributed by atoms with Crippen LogP contribution in [0, 0.1) is 0 Å². The Bertz CT molecular complexity index is 1400. The number of nitrogens with one attached hydrogen (secondary N) is 1. The highest BCUT2D eigenvalue weighted by Crippen LogP contribution is 2.42. The normalized spacial score (nSPS) is 13.2. The van der Waals surface area contributed by atoms with Crippen LogP contribution in [-0.2, 0) is 5.41 Å². The van der Waals surface area contributed by atoms with E-state index >= 15 is 0 Å². The number of benzene rings is 4. The topological polar surface area (TPSA) is 56.5 Å². The van der Waals surface area contributed by atoms with Gasteiger partial charge in [-0.3, -0.25) is 0 Å². The zero-order valence-corrected chi connectivity index (χ0v) is 19.0. The highest BCUT2D eigenvalue weighted by Gasteiger charge is 2.41. The van der Waals surface area contributed by atoms with Crippen LogP contribution in [0.2, 0.25) is 0 Å². The van der Waals surface area contributed by atoms with E-state index in [1.165, 1.54) is 5.56 Å². The van der Waals surface area contributed by atoms with Crippen molar-refractivity contribution in [2.24, 2.45) is 0 Å². The molecule has 0 aromatic heterocycles. The number of rotatable bonds is 2. The van der Waals surface area contributed by atoms with E-state index in [9.17, 15) is 0 Å². The highest BCUT2D eigenvalue weighted by molar-refractivity contribution is 6.98. The molecule has 0 bridgehead atoms. The molecule has 2 aliphatic rings. The molecule has 33 heavy (non-hydrogen) atoms. The van der Waals surface area contributed by atoms with E-state index < -0.39 is 0 Å². The van der Waals surface area contributed by atoms with Gasteiger partial charge in [0.1, 0.15) is 17.2 Å². The lowest BCUT2D eigenvalue weighted by Gasteiger charge is -2.34. The van der Waals surface area contributed by atoms with Crippen LogP contribution < -0.4 is 36.9 Å². The second kappa shape index (κ2) is 7.07. The lowest BCUT2D eigenvalue weighted by atomic mass is 9.35. The van der Waals surface area contributed by atoms with Crippen LogP contribution in [0.4, 0.5) is 17.1 Å². The van der Waals surface area contributed by atoms with E-state index in [-0.39, 0.29) is 12.1 Å². The fraction of sp³-hybridized carbons (Fsp3) is 0.143. The van der Waals surface area contributed by atoms with Crippen LogP contribution in [0.1, 0.15) is 26.3 Å². The van der Waals surface area contributed by atoms with Crippen LogP contribution in [0.15, 0.2) is 78.9 Å². The van der Waals surface area contributed by atoms with Crippen molar-refractivity contribution in [3.8, 4) is 23.0 Å². The first-order valence-corrected chi connectivity index (χ1v) is 11.3. The van der Waals surface area contributed by atoms with Gasteiger partial charge in [0.15, 0.2) is 5.75 Å². The van der Waals surface area contributed by atoms with Crippen molar-refractivity contribution in [2.45, 2.75) is 26.2 Å². The predicted octanol–water partition coefficient (Wildman–Crippen LogP) is 5.04. The van der Waals surface area contributed by atoms with Crippen molar-refractivity contribution in [2.75, 3.05) is 11.1 Å². The largest absolute Gasteiger partial charge is 0.458 e. The Balaban J connectivity index is 1.51. The quantitative estimate of drug-likeness (QED) is 0.298. The fourth-order valence-corrected chi connectivity index (χ4v) is 4.79. The van der Waals surface area contributed by atoms with Gasteiger partial charge in [-0.05, 0) is 46.2 Å². The first-order valence-electron chi connectivity index (χ1n) is 11.3. The smallest absolute Gasteiger partial charge is 0.260 e. The van der Waals surface area contributed by atoms with Crippen molar-refractivity contribution in [1.82, 2.24) is 0 Å². The molecule has 162 valence electrons. The molecule has 0 unspecified atom stereocenters. The van der Waals surface area contributed by atoms with E-state index in [0.717, 1.165) is 45.0 Å². The van der Waals surface area contributed by atoms with E-state index in [1.54, 1.807) is 0 Å². The standard InChI is InChI=1S/C28H25BN2O2/c1-28(2,3)17-9-8-10-18(15-17)31-21-16-24-25-27(26(21)30)33-23-14-7-5-12-20(23)29(25)19-11-4-6-13-22(19)32-24/h4-16,31H,30H2,1-3H3. The summed E-state index contributed by atoms with van der Waals surface area (Å²) in [5, 5.41) is 3.51. The molecule has 0 fully saturated rings. The minimum atomic E-state index is 0.0190. The number of hydrogen-bond donors (Lipinski definition) is 2. The third-order valence-electron chi connectivity index (χ3n) is 6.51. The molecule has 4 aromatic carbocycles. The summed E-state index contributed by atoms with van der Waals surface area (Å²) >= 11 is 0. The van der Waals surface area contributed by atoms with Crippen molar-refractivity contribution >= 4 is 40.2 Å². The van der Waals surface area contributed by atoms with Crippen LogP contribution in [0.5, 0.6) is 23.0 Å². The molecule has 0 aliphatic carbocycles. The Morgan fingerprint density at radius 3 is 2.12 bits per heavy atom. The van der Waals surface area contributed by atoms with E-state index in [1.807, 2.05) is 42.5 Å². The van der Waals surface area contributed by atoms with Gasteiger partial charge in [0.05, 0.1) is 11.4 Å². The van der Waals surface area contributed by atoms with Gasteiger partial charge in [0.25, 0.3) is 6.71 Å². The summed E-state index contributed by atoms with van der Waals surface area (Å²) in [6, 6.07) is 26.8. The zero-order chi connectivity index (χ0) is 22.7. The number of fused-ring (bicyclic) bond motifs is 4. The first-order chi connectivity index (χ1) is 15.9. The highest BCUT2D eigenvalue weighted by atomic mass is 16.5. The first kappa shape index (κ1) is 19.8. The molecule has 3 N–H and O–H groups in total. The predicted molar refractivity (Wildman–Crippen MR) is 137 cm³/mol. The fourth-order valence-electron chi connectivity index (χ4n) is 4.79. The number of nitrogen functional groups attached to an aromatic ring is 1. The third-order valence-corrected chi connectivity index (χ3v) is 6.51. The lowest BCUT2D eigenvalue weighted by molar-refractivity contribution is 0.466. The Kier molecular flexibility index (Phi) is 4.24. The average Bonchev–Trinajstić information content (AvgIpc) is 2.81. The molecule has 4 aromatic rings. The summed E-state index contributed by atoms with van der Waals surface area (Å²) in [7, 11) is 0. The summed E-state index contributed by atoms with van der Waals surface area (Å²) in [5.41, 5.74) is 13.6. The van der Waals surface area contributed by atoms with Crippen molar-refractivity contribution < 1.29 is 9.47 Å². The average molecular weight is 432 g/mol. The molecular formula is C28H25BN2O2. The number of anilines is 3. The molecule has 2 heterocycles. The van der Waals surface area contributed by atoms with Crippen molar-refractivity contribution in [1.29, 1.82) is 0 Å². The van der Waals surface area contributed by atoms with Gasteiger partial charge in [-0.2, -0.15) is 0 Å². The molecule has 0 atom stereocenters. The number of ether oxygens (including phenoxy) is 2. The Morgan fingerprint density at radius 1 is 0.758 bits per heavy atom. The summed E-state index contributed by atoms with van der Waals surface area (Å²) in [4.78, 5) is 0. The molecule has 0 saturated heterocycles. The summed E-state index contributed by atoms with van der Waals surface area (Å²) in [6.45, 7) is 6.64. The summed E-state index contributed by atoms with van der Waals surface area (Å²) < 4.78 is 12.8. The maximum atomic E-state index is 6.72. The Labute approximate surface area is 194 Å². The molecule has 6 rings (SSSR count). The SMILES string of the molecule is CC(C)(C)c1cccc(Nc2cc3c4c(c2N)Oc2ccccc2B4c2ccccc2O3)c1.